The second kappa shape index (κ2) is 5.82. The second-order valence-electron chi connectivity index (χ2n) is 7.13. The number of halogens is 1. The van der Waals surface area contributed by atoms with Gasteiger partial charge in [0.05, 0.1) is 0 Å². The smallest absolute Gasteiger partial charge is 0.169 e. The Hall–Kier alpha value is -1.13. The predicted octanol–water partition coefficient (Wildman–Crippen LogP) is 3.04. The molecule has 22 heavy (non-hydrogen) atoms. The first-order valence-electron chi connectivity index (χ1n) is 8.65. The van der Waals surface area contributed by atoms with Crippen LogP contribution in [0.1, 0.15) is 37.7 Å². The van der Waals surface area contributed by atoms with E-state index in [1.54, 1.807) is 6.07 Å². The van der Waals surface area contributed by atoms with Gasteiger partial charge in [-0.15, -0.1) is 0 Å². The van der Waals surface area contributed by atoms with Gasteiger partial charge in [0, 0.05) is 31.6 Å². The highest BCUT2D eigenvalue weighted by molar-refractivity contribution is 5.32. The Bertz CT molecular complexity index is 540. The van der Waals surface area contributed by atoms with Crippen LogP contribution in [0.25, 0.3) is 0 Å². The van der Waals surface area contributed by atoms with Crippen LogP contribution < -0.4 is 4.74 Å². The Labute approximate surface area is 132 Å². The van der Waals surface area contributed by atoms with Crippen LogP contribution >= 0.6 is 0 Å². The first kappa shape index (κ1) is 14.5. The molecule has 3 fully saturated rings. The molecular formula is C18H25FN2O. The fourth-order valence-electron chi connectivity index (χ4n) is 4.25. The maximum atomic E-state index is 14.8. The summed E-state index contributed by atoms with van der Waals surface area (Å²) in [7, 11) is 0. The number of likely N-dealkylation sites (tertiary alicyclic amines) is 1. The molecule has 1 aromatic carbocycles. The lowest BCUT2D eigenvalue weighted by Crippen LogP contribution is -2.43. The van der Waals surface area contributed by atoms with E-state index in [1.807, 2.05) is 12.1 Å². The van der Waals surface area contributed by atoms with E-state index in [2.05, 4.69) is 9.80 Å². The van der Waals surface area contributed by atoms with Crippen molar-refractivity contribution in [2.45, 2.75) is 44.2 Å². The average Bonchev–Trinajstić information content (AvgIpc) is 3.12. The van der Waals surface area contributed by atoms with Gasteiger partial charge in [-0.25, -0.2) is 4.39 Å². The van der Waals surface area contributed by atoms with Crippen molar-refractivity contribution in [3.63, 3.8) is 0 Å². The van der Waals surface area contributed by atoms with Crippen molar-refractivity contribution in [2.24, 2.45) is 0 Å². The summed E-state index contributed by atoms with van der Waals surface area (Å²) < 4.78 is 21.1. The summed E-state index contributed by atoms with van der Waals surface area (Å²) in [4.78, 5) is 4.77. The fourth-order valence-corrected chi connectivity index (χ4v) is 4.25. The number of nitrogens with zero attached hydrogens (tertiary/aromatic N) is 2. The third kappa shape index (κ3) is 2.74. The molecule has 3 heterocycles. The molecule has 0 saturated carbocycles. The molecule has 1 aromatic rings. The summed E-state index contributed by atoms with van der Waals surface area (Å²) in [5.41, 5.74) is 0.632. The summed E-state index contributed by atoms with van der Waals surface area (Å²) >= 11 is 0. The average molecular weight is 304 g/mol. The molecule has 4 rings (SSSR count). The quantitative estimate of drug-likeness (QED) is 0.850. The monoisotopic (exact) mass is 304 g/mol. The SMILES string of the molecule is Fc1c(CN2CCCC2)cccc1O[C@@]12CCCN(CC1)C2. The molecule has 0 aromatic heterocycles. The van der Waals surface area contributed by atoms with Crippen LogP contribution in [0.3, 0.4) is 0 Å². The van der Waals surface area contributed by atoms with Crippen molar-refractivity contribution in [3.8, 4) is 5.75 Å². The van der Waals surface area contributed by atoms with Gasteiger partial charge in [0.15, 0.2) is 11.6 Å². The third-order valence-corrected chi connectivity index (χ3v) is 5.46. The van der Waals surface area contributed by atoms with Crippen LogP contribution in [0, 0.1) is 5.82 Å². The maximum absolute atomic E-state index is 14.8. The molecule has 0 N–H and O–H groups in total. The van der Waals surface area contributed by atoms with Crippen LogP contribution in [-0.2, 0) is 6.54 Å². The highest BCUT2D eigenvalue weighted by Crippen LogP contribution is 2.37. The molecule has 0 amide bonds. The van der Waals surface area contributed by atoms with Crippen LogP contribution in [0.4, 0.5) is 4.39 Å². The molecule has 1 unspecified atom stereocenters. The zero-order valence-corrected chi connectivity index (χ0v) is 13.2. The van der Waals surface area contributed by atoms with E-state index in [9.17, 15) is 4.39 Å². The van der Waals surface area contributed by atoms with Crippen molar-refractivity contribution >= 4 is 0 Å². The van der Waals surface area contributed by atoms with E-state index in [4.69, 9.17) is 4.74 Å². The number of rotatable bonds is 4. The van der Waals surface area contributed by atoms with Crippen LogP contribution in [0.15, 0.2) is 18.2 Å². The van der Waals surface area contributed by atoms with E-state index in [-0.39, 0.29) is 11.4 Å². The number of hydrogen-bond acceptors (Lipinski definition) is 3. The molecule has 0 spiro atoms. The van der Waals surface area contributed by atoms with Gasteiger partial charge < -0.3 is 4.74 Å². The Balaban J connectivity index is 1.52. The van der Waals surface area contributed by atoms with Crippen LogP contribution in [-0.4, -0.2) is 48.1 Å². The molecule has 2 atom stereocenters. The molecule has 3 saturated heterocycles. The van der Waals surface area contributed by atoms with Crippen LogP contribution in [0.2, 0.25) is 0 Å². The fraction of sp³-hybridized carbons (Fsp3) is 0.667. The zero-order chi connectivity index (χ0) is 15.0. The molecule has 3 aliphatic heterocycles. The Morgan fingerprint density at radius 1 is 1.05 bits per heavy atom. The standard InChI is InChI=1S/C18H25FN2O/c19-17-15(13-20-9-1-2-10-20)5-3-6-16(17)22-18-7-4-11-21(14-18)12-8-18/h3,5-6H,1-2,4,7-14H2/t18-/m0/s1. The van der Waals surface area contributed by atoms with E-state index < -0.39 is 0 Å². The van der Waals surface area contributed by atoms with Gasteiger partial charge in [-0.1, -0.05) is 12.1 Å². The summed E-state index contributed by atoms with van der Waals surface area (Å²) in [5.74, 6) is 0.313. The molecule has 0 radical (unpaired) electrons. The van der Waals surface area contributed by atoms with Gasteiger partial charge in [0.1, 0.15) is 5.60 Å². The minimum absolute atomic E-state index is 0.146. The topological polar surface area (TPSA) is 15.7 Å². The Kier molecular flexibility index (Phi) is 3.82. The molecule has 3 nitrogen and oxygen atoms in total. The molecular weight excluding hydrogens is 279 g/mol. The number of hydrogen-bond donors (Lipinski definition) is 0. The van der Waals surface area contributed by atoms with Gasteiger partial charge in [0.2, 0.25) is 0 Å². The second-order valence-corrected chi connectivity index (χ2v) is 7.13. The summed E-state index contributed by atoms with van der Waals surface area (Å²) in [6.45, 7) is 6.11. The molecule has 120 valence electrons. The summed E-state index contributed by atoms with van der Waals surface area (Å²) in [5, 5.41) is 0. The van der Waals surface area contributed by atoms with Gasteiger partial charge in [-0.05, 0) is 51.4 Å². The van der Waals surface area contributed by atoms with E-state index in [0.29, 0.717) is 12.3 Å². The van der Waals surface area contributed by atoms with Crippen molar-refractivity contribution in [3.05, 3.63) is 29.6 Å². The van der Waals surface area contributed by atoms with Crippen molar-refractivity contribution in [2.75, 3.05) is 32.7 Å². The van der Waals surface area contributed by atoms with E-state index in [0.717, 1.165) is 51.0 Å². The normalized spacial score (nSPS) is 31.6. The highest BCUT2D eigenvalue weighted by atomic mass is 19.1. The van der Waals surface area contributed by atoms with E-state index >= 15 is 0 Å². The first-order chi connectivity index (χ1) is 10.7. The number of ether oxygens (including phenoxy) is 1. The Morgan fingerprint density at radius 3 is 2.77 bits per heavy atom. The van der Waals surface area contributed by atoms with Gasteiger partial charge in [0.25, 0.3) is 0 Å². The van der Waals surface area contributed by atoms with Crippen LogP contribution in [0.5, 0.6) is 5.75 Å². The van der Waals surface area contributed by atoms with Gasteiger partial charge in [-0.3, -0.25) is 9.80 Å². The van der Waals surface area contributed by atoms with Crippen molar-refractivity contribution in [1.82, 2.24) is 9.80 Å². The molecule has 2 bridgehead atoms. The minimum atomic E-state index is -0.147. The van der Waals surface area contributed by atoms with E-state index in [1.165, 1.54) is 19.4 Å². The molecule has 0 aliphatic carbocycles. The van der Waals surface area contributed by atoms with Gasteiger partial charge in [-0.2, -0.15) is 0 Å². The number of benzene rings is 1. The van der Waals surface area contributed by atoms with Crippen molar-refractivity contribution in [1.29, 1.82) is 0 Å². The lowest BCUT2D eigenvalue weighted by atomic mass is 9.94. The lowest BCUT2D eigenvalue weighted by molar-refractivity contribution is 0.0413. The predicted molar refractivity (Wildman–Crippen MR) is 84.6 cm³/mol. The summed E-state index contributed by atoms with van der Waals surface area (Å²) in [6.07, 6.45) is 5.71. The largest absolute Gasteiger partial charge is 0.483 e. The third-order valence-electron chi connectivity index (χ3n) is 5.46. The van der Waals surface area contributed by atoms with Crippen molar-refractivity contribution < 1.29 is 9.13 Å². The lowest BCUT2D eigenvalue weighted by Gasteiger charge is -2.34. The first-order valence-corrected chi connectivity index (χ1v) is 8.65. The molecule has 4 heteroatoms. The number of piperidine rings is 1. The summed E-state index contributed by atoms with van der Waals surface area (Å²) in [6, 6.07) is 5.64. The van der Waals surface area contributed by atoms with Gasteiger partial charge >= 0.3 is 0 Å². The Morgan fingerprint density at radius 2 is 1.91 bits per heavy atom. The highest BCUT2D eigenvalue weighted by Gasteiger charge is 2.43. The number of fused-ring (bicyclic) bond motifs is 2. The minimum Gasteiger partial charge on any atom is -0.483 e. The maximum Gasteiger partial charge on any atom is 0.169 e. The molecule has 3 aliphatic rings. The zero-order valence-electron chi connectivity index (χ0n) is 13.2.